The van der Waals surface area contributed by atoms with Gasteiger partial charge in [-0.25, -0.2) is 0 Å². The number of hydrogen-bond acceptors (Lipinski definition) is 4. The molecule has 0 spiro atoms. The van der Waals surface area contributed by atoms with Crippen LogP contribution in [0.15, 0.2) is 12.1 Å². The highest BCUT2D eigenvalue weighted by atomic mass is 35.5. The van der Waals surface area contributed by atoms with E-state index >= 15 is 0 Å². The van der Waals surface area contributed by atoms with Crippen LogP contribution in [0.1, 0.15) is 24.8 Å². The summed E-state index contributed by atoms with van der Waals surface area (Å²) in [4.78, 5) is 3.36. The summed E-state index contributed by atoms with van der Waals surface area (Å²) in [6.45, 7) is 5.53. The zero-order valence-electron chi connectivity index (χ0n) is 9.69. The molecule has 3 N–H and O–H groups in total. The van der Waals surface area contributed by atoms with Crippen molar-refractivity contribution in [2.45, 2.75) is 25.9 Å². The van der Waals surface area contributed by atoms with E-state index in [4.69, 9.17) is 22.4 Å². The Morgan fingerprint density at radius 1 is 1.50 bits per heavy atom. The molecular formula is C11H19ClN2OS. The second-order valence-corrected chi connectivity index (χ2v) is 5.70. The van der Waals surface area contributed by atoms with E-state index in [2.05, 4.69) is 18.7 Å². The highest BCUT2D eigenvalue weighted by Gasteiger charge is 2.22. The maximum absolute atomic E-state index is 9.08. The summed E-state index contributed by atoms with van der Waals surface area (Å²) in [6.07, 6.45) is 0. The maximum Gasteiger partial charge on any atom is 0.0931 e. The molecule has 1 rings (SSSR count). The van der Waals surface area contributed by atoms with Crippen molar-refractivity contribution in [1.82, 2.24) is 4.90 Å². The molecule has 0 aliphatic rings. The van der Waals surface area contributed by atoms with Crippen LogP contribution in [0.3, 0.4) is 0 Å². The van der Waals surface area contributed by atoms with Crippen LogP contribution in [0.5, 0.6) is 0 Å². The van der Waals surface area contributed by atoms with Gasteiger partial charge in [0.2, 0.25) is 0 Å². The summed E-state index contributed by atoms with van der Waals surface area (Å²) in [5.74, 6) is 0. The fraction of sp³-hybridized carbons (Fsp3) is 0.636. The Hall–Kier alpha value is -0.130. The van der Waals surface area contributed by atoms with Gasteiger partial charge >= 0.3 is 0 Å². The fourth-order valence-electron chi connectivity index (χ4n) is 1.81. The van der Waals surface area contributed by atoms with Crippen molar-refractivity contribution < 1.29 is 5.11 Å². The third-order valence-corrected chi connectivity index (χ3v) is 3.90. The van der Waals surface area contributed by atoms with Crippen molar-refractivity contribution >= 4 is 22.9 Å². The van der Waals surface area contributed by atoms with Crippen LogP contribution in [-0.2, 0) is 0 Å². The van der Waals surface area contributed by atoms with Crippen molar-refractivity contribution in [3.8, 4) is 0 Å². The van der Waals surface area contributed by atoms with Gasteiger partial charge in [-0.15, -0.1) is 11.3 Å². The number of nitrogens with two attached hydrogens (primary N) is 1. The average Bonchev–Trinajstić information content (AvgIpc) is 2.64. The zero-order valence-corrected chi connectivity index (χ0v) is 11.3. The number of halogens is 1. The lowest BCUT2D eigenvalue weighted by Crippen LogP contribution is -2.40. The van der Waals surface area contributed by atoms with Crippen LogP contribution >= 0.6 is 22.9 Å². The van der Waals surface area contributed by atoms with Gasteiger partial charge in [0.15, 0.2) is 0 Å². The first-order chi connectivity index (χ1) is 7.60. The minimum Gasteiger partial charge on any atom is -0.395 e. The Kier molecular flexibility index (Phi) is 5.72. The molecule has 0 fully saturated rings. The monoisotopic (exact) mass is 262 g/mol. The van der Waals surface area contributed by atoms with Gasteiger partial charge in [0, 0.05) is 24.0 Å². The van der Waals surface area contributed by atoms with E-state index in [0.29, 0.717) is 19.1 Å². The number of thiophene rings is 1. The summed E-state index contributed by atoms with van der Waals surface area (Å²) in [6, 6.07) is 4.39. The highest BCUT2D eigenvalue weighted by Crippen LogP contribution is 2.30. The Morgan fingerprint density at radius 2 is 2.19 bits per heavy atom. The number of aliphatic hydroxyl groups is 1. The van der Waals surface area contributed by atoms with Crippen LogP contribution in [0, 0.1) is 0 Å². The summed E-state index contributed by atoms with van der Waals surface area (Å²) in [7, 11) is 0. The predicted molar refractivity (Wildman–Crippen MR) is 70.1 cm³/mol. The van der Waals surface area contributed by atoms with Gasteiger partial charge in [0.1, 0.15) is 0 Å². The molecule has 1 atom stereocenters. The fourth-order valence-corrected chi connectivity index (χ4v) is 3.01. The Bertz CT molecular complexity index is 317. The molecule has 1 aromatic rings. The second-order valence-electron chi connectivity index (χ2n) is 3.95. The molecule has 16 heavy (non-hydrogen) atoms. The van der Waals surface area contributed by atoms with Crippen LogP contribution in [0.4, 0.5) is 0 Å². The summed E-state index contributed by atoms with van der Waals surface area (Å²) in [5.41, 5.74) is 5.82. The van der Waals surface area contributed by atoms with Gasteiger partial charge in [-0.1, -0.05) is 11.6 Å². The maximum atomic E-state index is 9.08. The predicted octanol–water partition coefficient (Wildman–Crippen LogP) is 2.10. The molecule has 0 amide bonds. The molecule has 0 aliphatic carbocycles. The van der Waals surface area contributed by atoms with Gasteiger partial charge < -0.3 is 10.8 Å². The van der Waals surface area contributed by atoms with Crippen LogP contribution in [0.2, 0.25) is 4.34 Å². The molecule has 92 valence electrons. The van der Waals surface area contributed by atoms with E-state index in [1.807, 2.05) is 12.1 Å². The van der Waals surface area contributed by atoms with Gasteiger partial charge in [-0.2, -0.15) is 0 Å². The molecule has 1 aromatic heterocycles. The minimum absolute atomic E-state index is 0.143. The third-order valence-electron chi connectivity index (χ3n) is 2.57. The van der Waals surface area contributed by atoms with Gasteiger partial charge in [0.25, 0.3) is 0 Å². The molecule has 1 heterocycles. The molecule has 0 saturated carbocycles. The van der Waals surface area contributed by atoms with Gasteiger partial charge in [0.05, 0.1) is 17.0 Å². The van der Waals surface area contributed by atoms with E-state index in [1.54, 1.807) is 11.3 Å². The normalized spacial score (nSPS) is 13.7. The minimum atomic E-state index is 0.143. The molecule has 0 aromatic carbocycles. The standard InChI is InChI=1S/C11H19ClN2OS/c1-8(2)14(5-6-15)9(7-13)10-3-4-11(12)16-10/h3-4,8-9,15H,5-7,13H2,1-2H3. The van der Waals surface area contributed by atoms with Crippen LogP contribution in [0.25, 0.3) is 0 Å². The number of nitrogens with zero attached hydrogens (tertiary/aromatic N) is 1. The van der Waals surface area contributed by atoms with E-state index in [1.165, 1.54) is 0 Å². The Morgan fingerprint density at radius 3 is 2.56 bits per heavy atom. The first-order valence-corrected chi connectivity index (χ1v) is 6.61. The van der Waals surface area contributed by atoms with Gasteiger partial charge in [-0.3, -0.25) is 4.90 Å². The van der Waals surface area contributed by atoms with Crippen molar-refractivity contribution in [3.05, 3.63) is 21.3 Å². The zero-order chi connectivity index (χ0) is 12.1. The molecular weight excluding hydrogens is 244 g/mol. The van der Waals surface area contributed by atoms with E-state index in [0.717, 1.165) is 9.21 Å². The molecule has 0 aliphatic heterocycles. The number of aliphatic hydroxyl groups excluding tert-OH is 1. The summed E-state index contributed by atoms with van der Waals surface area (Å²) >= 11 is 7.49. The lowest BCUT2D eigenvalue weighted by molar-refractivity contribution is 0.122. The van der Waals surface area contributed by atoms with E-state index < -0.39 is 0 Å². The first kappa shape index (κ1) is 13.9. The third kappa shape index (κ3) is 3.43. The molecule has 1 unspecified atom stereocenters. The molecule has 3 nitrogen and oxygen atoms in total. The van der Waals surface area contributed by atoms with Gasteiger partial charge in [-0.05, 0) is 26.0 Å². The summed E-state index contributed by atoms with van der Waals surface area (Å²) < 4.78 is 0.779. The Labute approximate surface area is 106 Å². The van der Waals surface area contributed by atoms with Crippen LogP contribution in [-0.4, -0.2) is 35.7 Å². The molecule has 0 bridgehead atoms. The molecule has 5 heteroatoms. The largest absolute Gasteiger partial charge is 0.395 e. The first-order valence-electron chi connectivity index (χ1n) is 5.42. The lowest BCUT2D eigenvalue weighted by atomic mass is 10.1. The topological polar surface area (TPSA) is 49.5 Å². The summed E-state index contributed by atoms with van der Waals surface area (Å²) in [5, 5.41) is 9.08. The quantitative estimate of drug-likeness (QED) is 0.826. The van der Waals surface area contributed by atoms with Crippen molar-refractivity contribution in [3.63, 3.8) is 0 Å². The number of rotatable bonds is 6. The van der Waals surface area contributed by atoms with Crippen molar-refractivity contribution in [1.29, 1.82) is 0 Å². The SMILES string of the molecule is CC(C)N(CCO)C(CN)c1ccc(Cl)s1. The number of hydrogen-bond donors (Lipinski definition) is 2. The highest BCUT2D eigenvalue weighted by molar-refractivity contribution is 7.16. The smallest absolute Gasteiger partial charge is 0.0931 e. The lowest BCUT2D eigenvalue weighted by Gasteiger charge is -2.33. The average molecular weight is 263 g/mol. The van der Waals surface area contributed by atoms with E-state index in [-0.39, 0.29) is 12.6 Å². The second kappa shape index (κ2) is 6.57. The van der Waals surface area contributed by atoms with E-state index in [9.17, 15) is 0 Å². The van der Waals surface area contributed by atoms with Crippen LogP contribution < -0.4 is 5.73 Å². The Balaban J connectivity index is 2.85. The van der Waals surface area contributed by atoms with Crippen molar-refractivity contribution in [2.75, 3.05) is 19.7 Å². The molecule has 0 saturated heterocycles. The molecule has 0 radical (unpaired) electrons. The van der Waals surface area contributed by atoms with Crippen molar-refractivity contribution in [2.24, 2.45) is 5.73 Å².